The number of anilines is 1. The smallest absolute Gasteiger partial charge is 0.106 e. The van der Waals surface area contributed by atoms with Crippen LogP contribution >= 0.6 is 0 Å². The summed E-state index contributed by atoms with van der Waals surface area (Å²) in [4.78, 5) is 7.11. The van der Waals surface area contributed by atoms with Crippen LogP contribution in [0.1, 0.15) is 18.7 Å². The summed E-state index contributed by atoms with van der Waals surface area (Å²) in [6, 6.07) is 5.99. The van der Waals surface area contributed by atoms with E-state index in [1.165, 1.54) is 31.4 Å². The van der Waals surface area contributed by atoms with E-state index in [-0.39, 0.29) is 0 Å². The Kier molecular flexibility index (Phi) is 2.96. The molecule has 2 N–H and O–H groups in total. The zero-order valence-electron chi connectivity index (χ0n) is 10.9. The Labute approximate surface area is 107 Å². The van der Waals surface area contributed by atoms with E-state index in [0.717, 1.165) is 30.1 Å². The highest BCUT2D eigenvalue weighted by Gasteiger charge is 2.13. The van der Waals surface area contributed by atoms with Crippen molar-refractivity contribution in [3.8, 4) is 0 Å². The summed E-state index contributed by atoms with van der Waals surface area (Å²) in [6.07, 6.45) is 2.69. The SMILES string of the molecule is Cc1nc2cc(N)ccc2n1CCN1CCCC1. The molecule has 1 saturated heterocycles. The summed E-state index contributed by atoms with van der Waals surface area (Å²) in [5.41, 5.74) is 8.79. The van der Waals surface area contributed by atoms with Crippen LogP contribution in [0.2, 0.25) is 0 Å². The molecule has 0 amide bonds. The van der Waals surface area contributed by atoms with Crippen molar-refractivity contribution in [2.24, 2.45) is 0 Å². The molecule has 3 rings (SSSR count). The van der Waals surface area contributed by atoms with Gasteiger partial charge in [0.2, 0.25) is 0 Å². The first-order valence-corrected chi connectivity index (χ1v) is 6.69. The number of fused-ring (bicyclic) bond motifs is 1. The maximum absolute atomic E-state index is 5.80. The van der Waals surface area contributed by atoms with Gasteiger partial charge in [0.15, 0.2) is 0 Å². The second kappa shape index (κ2) is 4.61. The maximum Gasteiger partial charge on any atom is 0.106 e. The Morgan fingerprint density at radius 2 is 2.00 bits per heavy atom. The van der Waals surface area contributed by atoms with E-state index in [1.54, 1.807) is 0 Å². The molecule has 0 bridgehead atoms. The van der Waals surface area contributed by atoms with Crippen LogP contribution in [0.5, 0.6) is 0 Å². The quantitative estimate of drug-likeness (QED) is 0.840. The first-order valence-electron chi connectivity index (χ1n) is 6.69. The Morgan fingerprint density at radius 3 is 2.78 bits per heavy atom. The number of rotatable bonds is 3. The van der Waals surface area contributed by atoms with E-state index in [4.69, 9.17) is 5.73 Å². The first kappa shape index (κ1) is 11.5. The molecular weight excluding hydrogens is 224 g/mol. The van der Waals surface area contributed by atoms with Gasteiger partial charge in [0.25, 0.3) is 0 Å². The molecule has 0 atom stereocenters. The Hall–Kier alpha value is -1.55. The highest BCUT2D eigenvalue weighted by Crippen LogP contribution is 2.19. The maximum atomic E-state index is 5.80. The number of hydrogen-bond acceptors (Lipinski definition) is 3. The van der Waals surface area contributed by atoms with Crippen LogP contribution in [0.25, 0.3) is 11.0 Å². The number of nitrogens with zero attached hydrogens (tertiary/aromatic N) is 3. The van der Waals surface area contributed by atoms with E-state index in [9.17, 15) is 0 Å². The number of hydrogen-bond donors (Lipinski definition) is 1. The van der Waals surface area contributed by atoms with Crippen molar-refractivity contribution in [2.45, 2.75) is 26.3 Å². The van der Waals surface area contributed by atoms with Crippen molar-refractivity contribution in [1.29, 1.82) is 0 Å². The summed E-state index contributed by atoms with van der Waals surface area (Å²) in [6.45, 7) is 6.71. The van der Waals surface area contributed by atoms with Gasteiger partial charge in [0.1, 0.15) is 5.82 Å². The minimum absolute atomic E-state index is 0.784. The van der Waals surface area contributed by atoms with Gasteiger partial charge in [-0.2, -0.15) is 0 Å². The molecule has 4 nitrogen and oxygen atoms in total. The Morgan fingerprint density at radius 1 is 1.22 bits per heavy atom. The number of nitrogens with two attached hydrogens (primary N) is 1. The normalized spacial score (nSPS) is 16.7. The van der Waals surface area contributed by atoms with Crippen LogP contribution < -0.4 is 5.73 Å². The molecule has 2 heterocycles. The molecule has 0 radical (unpaired) electrons. The van der Waals surface area contributed by atoms with Gasteiger partial charge < -0.3 is 15.2 Å². The van der Waals surface area contributed by atoms with Gasteiger partial charge >= 0.3 is 0 Å². The highest BCUT2D eigenvalue weighted by atomic mass is 15.2. The number of imidazole rings is 1. The van der Waals surface area contributed by atoms with Crippen molar-refractivity contribution in [1.82, 2.24) is 14.5 Å². The van der Waals surface area contributed by atoms with E-state index in [1.807, 2.05) is 12.1 Å². The second-order valence-electron chi connectivity index (χ2n) is 5.11. The third-order valence-corrected chi connectivity index (χ3v) is 3.80. The molecule has 0 aliphatic carbocycles. The van der Waals surface area contributed by atoms with Crippen LogP contribution in [0, 0.1) is 6.92 Å². The predicted octanol–water partition coefficient (Wildman–Crippen LogP) is 2.02. The minimum Gasteiger partial charge on any atom is -0.399 e. The molecule has 1 aliphatic rings. The number of likely N-dealkylation sites (tertiary alicyclic amines) is 1. The van der Waals surface area contributed by atoms with Crippen molar-refractivity contribution in [3.05, 3.63) is 24.0 Å². The molecule has 2 aromatic rings. The van der Waals surface area contributed by atoms with Gasteiger partial charge in [0.05, 0.1) is 11.0 Å². The number of benzene rings is 1. The lowest BCUT2D eigenvalue weighted by molar-refractivity contribution is 0.323. The van der Waals surface area contributed by atoms with E-state index in [0.29, 0.717) is 0 Å². The lowest BCUT2D eigenvalue weighted by Crippen LogP contribution is -2.24. The Bertz CT molecular complexity index is 552. The molecule has 1 fully saturated rings. The molecule has 4 heteroatoms. The Balaban J connectivity index is 1.84. The summed E-state index contributed by atoms with van der Waals surface area (Å²) in [5, 5.41) is 0. The molecule has 0 unspecified atom stereocenters. The summed E-state index contributed by atoms with van der Waals surface area (Å²) >= 11 is 0. The van der Waals surface area contributed by atoms with E-state index >= 15 is 0 Å². The number of aromatic nitrogens is 2. The molecule has 1 aromatic heterocycles. The largest absolute Gasteiger partial charge is 0.399 e. The van der Waals surface area contributed by atoms with Crippen LogP contribution in [0.15, 0.2) is 18.2 Å². The molecule has 0 saturated carbocycles. The average Bonchev–Trinajstić information content (AvgIpc) is 2.93. The van der Waals surface area contributed by atoms with Gasteiger partial charge in [-0.15, -0.1) is 0 Å². The average molecular weight is 244 g/mol. The number of nitrogen functional groups attached to an aromatic ring is 1. The van der Waals surface area contributed by atoms with Gasteiger partial charge in [0, 0.05) is 18.8 Å². The van der Waals surface area contributed by atoms with Gasteiger partial charge in [-0.3, -0.25) is 0 Å². The lowest BCUT2D eigenvalue weighted by atomic mass is 10.3. The van der Waals surface area contributed by atoms with Crippen LogP contribution in [0.3, 0.4) is 0 Å². The molecule has 0 spiro atoms. The van der Waals surface area contributed by atoms with Crippen molar-refractivity contribution >= 4 is 16.7 Å². The van der Waals surface area contributed by atoms with Crippen LogP contribution in [-0.4, -0.2) is 34.1 Å². The minimum atomic E-state index is 0.784. The molecule has 1 aromatic carbocycles. The summed E-state index contributed by atoms with van der Waals surface area (Å²) in [5.74, 6) is 1.08. The highest BCUT2D eigenvalue weighted by molar-refractivity contribution is 5.79. The fourth-order valence-electron chi connectivity index (χ4n) is 2.80. The molecule has 96 valence electrons. The zero-order valence-corrected chi connectivity index (χ0v) is 10.9. The van der Waals surface area contributed by atoms with Crippen molar-refractivity contribution < 1.29 is 0 Å². The van der Waals surface area contributed by atoms with Gasteiger partial charge in [-0.1, -0.05) is 0 Å². The first-order chi connectivity index (χ1) is 8.74. The van der Waals surface area contributed by atoms with Gasteiger partial charge in [-0.25, -0.2) is 4.98 Å². The van der Waals surface area contributed by atoms with Crippen molar-refractivity contribution in [3.63, 3.8) is 0 Å². The third kappa shape index (κ3) is 2.08. The van der Waals surface area contributed by atoms with Gasteiger partial charge in [-0.05, 0) is 51.1 Å². The summed E-state index contributed by atoms with van der Waals surface area (Å²) in [7, 11) is 0. The fraction of sp³-hybridized carbons (Fsp3) is 0.500. The predicted molar refractivity (Wildman–Crippen MR) is 74.6 cm³/mol. The topological polar surface area (TPSA) is 47.1 Å². The molecule has 1 aliphatic heterocycles. The fourth-order valence-corrected chi connectivity index (χ4v) is 2.80. The van der Waals surface area contributed by atoms with Crippen LogP contribution in [0.4, 0.5) is 5.69 Å². The van der Waals surface area contributed by atoms with E-state index < -0.39 is 0 Å². The zero-order chi connectivity index (χ0) is 12.5. The molecule has 18 heavy (non-hydrogen) atoms. The van der Waals surface area contributed by atoms with E-state index in [2.05, 4.69) is 27.4 Å². The monoisotopic (exact) mass is 244 g/mol. The van der Waals surface area contributed by atoms with Crippen LogP contribution in [-0.2, 0) is 6.54 Å². The lowest BCUT2D eigenvalue weighted by Gasteiger charge is -2.15. The second-order valence-corrected chi connectivity index (χ2v) is 5.11. The molecular formula is C14H20N4. The van der Waals surface area contributed by atoms with Crippen molar-refractivity contribution in [2.75, 3.05) is 25.4 Å². The standard InChI is InChI=1S/C14H20N4/c1-11-16-13-10-12(15)4-5-14(13)18(11)9-8-17-6-2-3-7-17/h4-5,10H,2-3,6-9,15H2,1H3. The summed E-state index contributed by atoms with van der Waals surface area (Å²) < 4.78 is 2.30. The third-order valence-electron chi connectivity index (χ3n) is 3.80. The number of aryl methyl sites for hydroxylation is 1.